The molecule has 1 aliphatic rings. The Balaban J connectivity index is 1.37. The van der Waals surface area contributed by atoms with E-state index in [1.54, 1.807) is 36.7 Å². The lowest BCUT2D eigenvalue weighted by atomic mass is 10.0. The van der Waals surface area contributed by atoms with Crippen molar-refractivity contribution in [2.45, 2.75) is 18.9 Å². The second-order valence-electron chi connectivity index (χ2n) is 9.91. The van der Waals surface area contributed by atoms with Crippen LogP contribution in [0.25, 0.3) is 33.5 Å². The highest BCUT2D eigenvalue weighted by molar-refractivity contribution is 6.05. The number of para-hydroxylation sites is 1. The first-order valence-electron chi connectivity index (χ1n) is 13.1. The average Bonchev–Trinajstić information content (AvgIpc) is 2.97. The van der Waals surface area contributed by atoms with Crippen LogP contribution in [0.3, 0.4) is 0 Å². The fourth-order valence-corrected chi connectivity index (χ4v) is 5.08. The molecule has 5 aromatic rings. The maximum absolute atomic E-state index is 15.0. The van der Waals surface area contributed by atoms with Crippen LogP contribution in [-0.2, 0) is 0 Å². The molecule has 0 bridgehead atoms. The summed E-state index contributed by atoms with van der Waals surface area (Å²) in [7, 11) is 0. The summed E-state index contributed by atoms with van der Waals surface area (Å²) in [4.78, 5) is 28.9. The van der Waals surface area contributed by atoms with Crippen LogP contribution in [0.4, 0.5) is 21.5 Å². The second kappa shape index (κ2) is 10.7. The van der Waals surface area contributed by atoms with Crippen LogP contribution in [-0.4, -0.2) is 40.0 Å². The monoisotopic (exact) mass is 533 g/mol. The zero-order chi connectivity index (χ0) is 27.6. The van der Waals surface area contributed by atoms with Gasteiger partial charge >= 0.3 is 0 Å². The number of amides is 1. The molecule has 3 aromatic heterocycles. The molecule has 1 amide bonds. The summed E-state index contributed by atoms with van der Waals surface area (Å²) in [5.41, 5.74) is 17.2. The molecule has 0 aliphatic carbocycles. The van der Waals surface area contributed by atoms with Crippen molar-refractivity contribution in [1.82, 2.24) is 15.0 Å². The largest absolute Gasteiger partial charge is 0.397 e. The number of nitrogen functional groups attached to an aromatic ring is 1. The van der Waals surface area contributed by atoms with E-state index in [-0.39, 0.29) is 17.5 Å². The lowest BCUT2D eigenvalue weighted by Crippen LogP contribution is -2.42. The van der Waals surface area contributed by atoms with Crippen molar-refractivity contribution < 1.29 is 9.18 Å². The zero-order valence-electron chi connectivity index (χ0n) is 21.7. The number of nitrogens with two attached hydrogens (primary N) is 2. The van der Waals surface area contributed by atoms with Crippen molar-refractivity contribution in [1.29, 1.82) is 0 Å². The Hall–Kier alpha value is -4.89. The first kappa shape index (κ1) is 25.4. The summed E-state index contributed by atoms with van der Waals surface area (Å²) in [5.74, 6) is -0.851. The minimum absolute atomic E-state index is 0.118. The van der Waals surface area contributed by atoms with Crippen molar-refractivity contribution >= 4 is 33.9 Å². The molecule has 1 atom stereocenters. The molecule has 6 rings (SSSR count). The first-order valence-corrected chi connectivity index (χ1v) is 13.1. The third kappa shape index (κ3) is 5.06. The number of hydrogen-bond donors (Lipinski definition) is 3. The predicted molar refractivity (Wildman–Crippen MR) is 156 cm³/mol. The van der Waals surface area contributed by atoms with Crippen molar-refractivity contribution in [2.75, 3.05) is 29.0 Å². The Morgan fingerprint density at radius 2 is 1.85 bits per heavy atom. The predicted octanol–water partition coefficient (Wildman–Crippen LogP) is 5.26. The van der Waals surface area contributed by atoms with E-state index in [2.05, 4.69) is 20.2 Å². The highest BCUT2D eigenvalue weighted by Crippen LogP contribution is 2.33. The lowest BCUT2D eigenvalue weighted by Gasteiger charge is -2.33. The van der Waals surface area contributed by atoms with Crippen LogP contribution in [0.2, 0.25) is 0 Å². The van der Waals surface area contributed by atoms with Gasteiger partial charge in [0, 0.05) is 53.2 Å². The van der Waals surface area contributed by atoms with E-state index in [0.717, 1.165) is 42.5 Å². The van der Waals surface area contributed by atoms with E-state index < -0.39 is 5.82 Å². The molecule has 0 unspecified atom stereocenters. The first-order chi connectivity index (χ1) is 19.5. The molecule has 0 spiro atoms. The molecule has 1 fully saturated rings. The highest BCUT2D eigenvalue weighted by Gasteiger charge is 2.20. The molecule has 2 aromatic carbocycles. The molecular formula is C31H28FN7O. The third-order valence-electron chi connectivity index (χ3n) is 7.11. The number of nitrogens with one attached hydrogen (secondary N) is 1. The highest BCUT2D eigenvalue weighted by atomic mass is 19.1. The SMILES string of the molecule is Nc1ccc(-c2cc(C(=O)Nc3ccccc3)ccc2F)nc1-c1cc2c(N3CCC[C@H](N)C3)ccnc2cn1. The number of rotatable bonds is 5. The molecule has 1 aliphatic heterocycles. The molecule has 5 N–H and O–H groups in total. The van der Waals surface area contributed by atoms with E-state index in [9.17, 15) is 4.79 Å². The van der Waals surface area contributed by atoms with Gasteiger partial charge in [-0.1, -0.05) is 18.2 Å². The summed E-state index contributed by atoms with van der Waals surface area (Å²) in [6.07, 6.45) is 5.50. The van der Waals surface area contributed by atoms with Gasteiger partial charge in [-0.2, -0.15) is 0 Å². The Bertz CT molecular complexity index is 1710. The van der Waals surface area contributed by atoms with Crippen LogP contribution >= 0.6 is 0 Å². The molecule has 0 saturated carbocycles. The standard InChI is InChI=1S/C31H28FN7O/c32-24-9-8-19(31(40)37-21-6-2-1-3-7-21)15-22(24)26-11-10-25(34)30(38-26)27-16-23-28(17-36-27)35-13-12-29(23)39-14-4-5-20(33)18-39/h1-3,6-13,15-17,20H,4-5,14,18,33-34H2,(H,37,40)/t20-/m0/s1. The second-order valence-corrected chi connectivity index (χ2v) is 9.91. The quantitative estimate of drug-likeness (QED) is 0.282. The van der Waals surface area contributed by atoms with Gasteiger partial charge in [0.1, 0.15) is 11.5 Å². The number of piperidine rings is 1. The van der Waals surface area contributed by atoms with E-state index in [0.29, 0.717) is 34.0 Å². The summed E-state index contributed by atoms with van der Waals surface area (Å²) in [6.45, 7) is 1.67. The maximum atomic E-state index is 15.0. The summed E-state index contributed by atoms with van der Waals surface area (Å²) < 4.78 is 15.0. The number of halogens is 1. The zero-order valence-corrected chi connectivity index (χ0v) is 21.7. The summed E-state index contributed by atoms with van der Waals surface area (Å²) in [5, 5.41) is 3.74. The van der Waals surface area contributed by atoms with Crippen molar-refractivity contribution in [3.63, 3.8) is 0 Å². The number of nitrogens with zero attached hydrogens (tertiary/aromatic N) is 4. The molecule has 9 heteroatoms. The number of carbonyl (C=O) groups is 1. The van der Waals surface area contributed by atoms with Gasteiger partial charge < -0.3 is 21.7 Å². The Labute approximate surface area is 230 Å². The smallest absolute Gasteiger partial charge is 0.255 e. The van der Waals surface area contributed by atoms with Crippen LogP contribution in [0.1, 0.15) is 23.2 Å². The van der Waals surface area contributed by atoms with Gasteiger partial charge in [-0.15, -0.1) is 0 Å². The normalized spacial score (nSPS) is 15.2. The molecule has 8 nitrogen and oxygen atoms in total. The van der Waals surface area contributed by atoms with Crippen LogP contribution in [0.5, 0.6) is 0 Å². The van der Waals surface area contributed by atoms with E-state index in [1.807, 2.05) is 30.3 Å². The number of anilines is 3. The number of pyridine rings is 3. The fourth-order valence-electron chi connectivity index (χ4n) is 5.08. The number of fused-ring (bicyclic) bond motifs is 1. The number of carbonyl (C=O) groups excluding carboxylic acids is 1. The van der Waals surface area contributed by atoms with Gasteiger partial charge in [-0.3, -0.25) is 14.8 Å². The summed E-state index contributed by atoms with van der Waals surface area (Å²) in [6, 6.07) is 20.6. The minimum Gasteiger partial charge on any atom is -0.397 e. The van der Waals surface area contributed by atoms with Gasteiger partial charge in [-0.05, 0) is 67.4 Å². The fraction of sp³-hybridized carbons (Fsp3) is 0.161. The van der Waals surface area contributed by atoms with E-state index in [4.69, 9.17) is 16.5 Å². The van der Waals surface area contributed by atoms with Crippen LogP contribution in [0.15, 0.2) is 85.2 Å². The molecular weight excluding hydrogens is 505 g/mol. The van der Waals surface area contributed by atoms with Crippen molar-refractivity contribution in [3.8, 4) is 22.6 Å². The number of hydrogen-bond acceptors (Lipinski definition) is 7. The molecule has 4 heterocycles. The van der Waals surface area contributed by atoms with Gasteiger partial charge in [0.25, 0.3) is 5.91 Å². The number of aromatic nitrogens is 3. The maximum Gasteiger partial charge on any atom is 0.255 e. The summed E-state index contributed by atoms with van der Waals surface area (Å²) >= 11 is 0. The van der Waals surface area contributed by atoms with Gasteiger partial charge in [0.15, 0.2) is 0 Å². The number of benzene rings is 2. The average molecular weight is 534 g/mol. The van der Waals surface area contributed by atoms with E-state index in [1.165, 1.54) is 18.2 Å². The molecule has 40 heavy (non-hydrogen) atoms. The topological polar surface area (TPSA) is 123 Å². The van der Waals surface area contributed by atoms with E-state index >= 15 is 4.39 Å². The molecule has 0 radical (unpaired) electrons. The Kier molecular flexibility index (Phi) is 6.79. The van der Waals surface area contributed by atoms with Crippen LogP contribution < -0.4 is 21.7 Å². The van der Waals surface area contributed by atoms with Gasteiger partial charge in [-0.25, -0.2) is 9.37 Å². The lowest BCUT2D eigenvalue weighted by molar-refractivity contribution is 0.102. The molecule has 1 saturated heterocycles. The molecule has 200 valence electrons. The van der Waals surface area contributed by atoms with Crippen LogP contribution in [0, 0.1) is 5.82 Å². The van der Waals surface area contributed by atoms with Gasteiger partial charge in [0.05, 0.1) is 28.8 Å². The van der Waals surface area contributed by atoms with Crippen molar-refractivity contribution in [2.24, 2.45) is 5.73 Å². The third-order valence-corrected chi connectivity index (χ3v) is 7.11. The van der Waals surface area contributed by atoms with Gasteiger partial charge in [0.2, 0.25) is 0 Å². The Morgan fingerprint density at radius 3 is 2.67 bits per heavy atom. The van der Waals surface area contributed by atoms with Crippen molar-refractivity contribution in [3.05, 3.63) is 96.6 Å². The Morgan fingerprint density at radius 1 is 1.00 bits per heavy atom. The minimum atomic E-state index is -0.501.